The van der Waals surface area contributed by atoms with Crippen LogP contribution >= 0.6 is 0 Å². The van der Waals surface area contributed by atoms with Gasteiger partial charge in [0.15, 0.2) is 6.04 Å². The van der Waals surface area contributed by atoms with Crippen molar-refractivity contribution >= 4 is 17.6 Å². The maximum atomic E-state index is 12.8. The first-order chi connectivity index (χ1) is 14.9. The van der Waals surface area contributed by atoms with Gasteiger partial charge in [0.2, 0.25) is 0 Å². The van der Waals surface area contributed by atoms with Crippen LogP contribution < -0.4 is 20.4 Å². The summed E-state index contributed by atoms with van der Waals surface area (Å²) < 4.78 is 0. The fourth-order valence-electron chi connectivity index (χ4n) is 7.09. The number of amides is 3. The number of aromatic hydroxyl groups is 1. The summed E-state index contributed by atoms with van der Waals surface area (Å²) in [5.41, 5.74) is 1.01. The number of carbonyl (C=O) groups excluding carboxylic acids is 2. The average molecular weight is 428 g/mol. The van der Waals surface area contributed by atoms with Crippen molar-refractivity contribution in [1.29, 1.82) is 0 Å². The Bertz CT molecular complexity index is 796. The quantitative estimate of drug-likeness (QED) is 0.583. The van der Waals surface area contributed by atoms with E-state index in [1.807, 2.05) is 19.1 Å². The number of quaternary nitrogens is 1. The van der Waals surface area contributed by atoms with Crippen molar-refractivity contribution in [2.75, 3.05) is 31.1 Å². The topological polar surface area (TPSA) is 86.1 Å². The molecular weight excluding hydrogens is 392 g/mol. The van der Waals surface area contributed by atoms with Crippen LogP contribution in [0.3, 0.4) is 0 Å². The van der Waals surface area contributed by atoms with Gasteiger partial charge >= 0.3 is 6.03 Å². The molecule has 4 bridgehead atoms. The van der Waals surface area contributed by atoms with Gasteiger partial charge in [-0.3, -0.25) is 10.1 Å². The number of imide groups is 1. The lowest BCUT2D eigenvalue weighted by Crippen LogP contribution is -3.19. The van der Waals surface area contributed by atoms with E-state index >= 15 is 0 Å². The summed E-state index contributed by atoms with van der Waals surface area (Å²) in [6.07, 6.45) is 7.25. The van der Waals surface area contributed by atoms with Crippen LogP contribution in [-0.4, -0.2) is 54.8 Å². The highest BCUT2D eigenvalue weighted by Crippen LogP contribution is 2.55. The van der Waals surface area contributed by atoms with Gasteiger partial charge in [0.1, 0.15) is 5.75 Å². The van der Waals surface area contributed by atoms with Gasteiger partial charge in [0, 0.05) is 11.2 Å². The summed E-state index contributed by atoms with van der Waals surface area (Å²) in [5.74, 6) is 2.36. The van der Waals surface area contributed by atoms with E-state index in [4.69, 9.17) is 0 Å². The van der Waals surface area contributed by atoms with Gasteiger partial charge in [-0.05, 0) is 87.5 Å². The van der Waals surface area contributed by atoms with Crippen LogP contribution in [0.2, 0.25) is 0 Å². The van der Waals surface area contributed by atoms with Crippen molar-refractivity contribution in [3.8, 4) is 5.75 Å². The van der Waals surface area contributed by atoms with Crippen molar-refractivity contribution in [2.45, 2.75) is 57.0 Å². The molecule has 7 nitrogen and oxygen atoms in total. The van der Waals surface area contributed by atoms with E-state index in [1.165, 1.54) is 24.2 Å². The molecule has 4 aliphatic carbocycles. The van der Waals surface area contributed by atoms with Gasteiger partial charge in [0.05, 0.1) is 26.2 Å². The van der Waals surface area contributed by atoms with E-state index in [0.717, 1.165) is 68.9 Å². The van der Waals surface area contributed by atoms with Gasteiger partial charge in [-0.25, -0.2) is 4.79 Å². The fraction of sp³-hybridized carbons (Fsp3) is 0.667. The van der Waals surface area contributed by atoms with Crippen molar-refractivity contribution in [2.24, 2.45) is 17.8 Å². The first-order valence-electron chi connectivity index (χ1n) is 11.9. The molecule has 1 heterocycles. The number of hydrogen-bond donors (Lipinski definition) is 4. The third-order valence-electron chi connectivity index (χ3n) is 8.28. The smallest absolute Gasteiger partial charge is 0.322 e. The maximum Gasteiger partial charge on any atom is 0.322 e. The van der Waals surface area contributed by atoms with E-state index in [-0.39, 0.29) is 29.3 Å². The number of nitrogens with one attached hydrogen (secondary N) is 3. The van der Waals surface area contributed by atoms with Crippen LogP contribution in [-0.2, 0) is 4.79 Å². The van der Waals surface area contributed by atoms with Gasteiger partial charge in [0.25, 0.3) is 5.91 Å². The molecule has 1 aromatic carbocycles. The molecule has 4 saturated carbocycles. The zero-order valence-corrected chi connectivity index (χ0v) is 18.4. The minimum atomic E-state index is -0.305. The van der Waals surface area contributed by atoms with Crippen molar-refractivity contribution in [1.82, 2.24) is 10.6 Å². The maximum absolute atomic E-state index is 12.8. The Morgan fingerprint density at radius 1 is 1.03 bits per heavy atom. The molecular formula is C24H35N4O3+. The Hall–Kier alpha value is -2.28. The molecule has 1 aliphatic heterocycles. The Balaban J connectivity index is 1.11. The number of phenols is 1. The van der Waals surface area contributed by atoms with E-state index in [9.17, 15) is 14.7 Å². The Labute approximate surface area is 184 Å². The van der Waals surface area contributed by atoms with Gasteiger partial charge in [-0.2, -0.15) is 0 Å². The number of piperazine rings is 1. The normalized spacial score (nSPS) is 33.2. The highest BCUT2D eigenvalue weighted by atomic mass is 16.3. The zero-order chi connectivity index (χ0) is 21.6. The van der Waals surface area contributed by atoms with Crippen molar-refractivity contribution in [3.63, 3.8) is 0 Å². The predicted molar refractivity (Wildman–Crippen MR) is 118 cm³/mol. The lowest BCUT2D eigenvalue weighted by atomic mass is 9.53. The zero-order valence-electron chi connectivity index (χ0n) is 18.4. The molecule has 5 fully saturated rings. The number of urea groups is 1. The van der Waals surface area contributed by atoms with Crippen molar-refractivity contribution in [3.05, 3.63) is 24.3 Å². The number of carbonyl (C=O) groups is 2. The standard InChI is InChI=1S/C24H34N4O3/c1-16(27-6-8-28(9-7-27)20-2-4-21(29)5-3-20)22(30)25-23(31)26-24-13-17-10-18(14-24)12-19(11-17)15-24/h2-5,16-19,29H,6-15H2,1H3,(H2,25,26,30,31)/p+1/t16-,17?,18?,19?,24?/m1/s1. The number of anilines is 1. The van der Waals surface area contributed by atoms with Crippen LogP contribution in [0.4, 0.5) is 10.5 Å². The number of phenolic OH excluding ortho intramolecular Hbond substituents is 1. The summed E-state index contributed by atoms with van der Waals surface area (Å²) in [6.45, 7) is 5.28. The first kappa shape index (κ1) is 20.6. The van der Waals surface area contributed by atoms with E-state index in [2.05, 4.69) is 15.5 Å². The van der Waals surface area contributed by atoms with E-state index in [0.29, 0.717) is 0 Å². The summed E-state index contributed by atoms with van der Waals surface area (Å²) >= 11 is 0. The molecule has 0 radical (unpaired) electrons. The largest absolute Gasteiger partial charge is 0.508 e. The summed E-state index contributed by atoms with van der Waals surface area (Å²) in [5, 5.41) is 15.4. The molecule has 0 aromatic heterocycles. The van der Waals surface area contributed by atoms with E-state index in [1.54, 1.807) is 12.1 Å². The molecule has 7 heteroatoms. The molecule has 1 saturated heterocycles. The van der Waals surface area contributed by atoms with Crippen LogP contribution in [0.5, 0.6) is 5.75 Å². The molecule has 168 valence electrons. The molecule has 6 rings (SSSR count). The Morgan fingerprint density at radius 3 is 2.13 bits per heavy atom. The second-order valence-electron chi connectivity index (χ2n) is 10.5. The highest BCUT2D eigenvalue weighted by Gasteiger charge is 2.51. The average Bonchev–Trinajstić information content (AvgIpc) is 2.72. The fourth-order valence-corrected chi connectivity index (χ4v) is 7.09. The van der Waals surface area contributed by atoms with Crippen LogP contribution in [0.25, 0.3) is 0 Å². The Kier molecular flexibility index (Phi) is 5.32. The number of benzene rings is 1. The number of rotatable bonds is 4. The van der Waals surface area contributed by atoms with Gasteiger partial charge < -0.3 is 20.2 Å². The monoisotopic (exact) mass is 427 g/mol. The molecule has 1 atom stereocenters. The second kappa shape index (κ2) is 8.01. The van der Waals surface area contributed by atoms with Crippen LogP contribution in [0.1, 0.15) is 45.4 Å². The first-order valence-corrected chi connectivity index (χ1v) is 11.9. The lowest BCUT2D eigenvalue weighted by Gasteiger charge is -2.56. The molecule has 1 aromatic rings. The SMILES string of the molecule is C[C@H](C(=O)NC(=O)NC12CC3CC(CC(C3)C1)C2)[NH+]1CCN(c2ccc(O)cc2)CC1. The molecule has 5 aliphatic rings. The number of hydrogen-bond acceptors (Lipinski definition) is 4. The van der Waals surface area contributed by atoms with E-state index < -0.39 is 0 Å². The molecule has 3 amide bonds. The molecule has 4 N–H and O–H groups in total. The Morgan fingerprint density at radius 2 is 1.58 bits per heavy atom. The summed E-state index contributed by atoms with van der Waals surface area (Å²) in [7, 11) is 0. The molecule has 0 unspecified atom stereocenters. The van der Waals surface area contributed by atoms with Gasteiger partial charge in [-0.1, -0.05) is 0 Å². The minimum Gasteiger partial charge on any atom is -0.508 e. The molecule has 31 heavy (non-hydrogen) atoms. The second-order valence-corrected chi connectivity index (χ2v) is 10.5. The van der Waals surface area contributed by atoms with Gasteiger partial charge in [-0.15, -0.1) is 0 Å². The third kappa shape index (κ3) is 4.25. The summed E-state index contributed by atoms with van der Waals surface area (Å²) in [4.78, 5) is 29.0. The van der Waals surface area contributed by atoms with Crippen molar-refractivity contribution < 1.29 is 19.6 Å². The lowest BCUT2D eigenvalue weighted by molar-refractivity contribution is -0.914. The summed E-state index contributed by atoms with van der Waals surface area (Å²) in [6, 6.07) is 6.68. The molecule has 0 spiro atoms. The van der Waals surface area contributed by atoms with Crippen LogP contribution in [0.15, 0.2) is 24.3 Å². The number of nitrogens with zero attached hydrogens (tertiary/aromatic N) is 1. The predicted octanol–water partition coefficient (Wildman–Crippen LogP) is 1.28. The highest BCUT2D eigenvalue weighted by molar-refractivity contribution is 5.96. The minimum absolute atomic E-state index is 0.0784. The van der Waals surface area contributed by atoms with Crippen LogP contribution in [0, 0.1) is 17.8 Å². The third-order valence-corrected chi connectivity index (χ3v) is 8.28.